The molecule has 3 heterocycles. The van der Waals surface area contributed by atoms with Gasteiger partial charge in [-0.05, 0) is 43.7 Å². The first kappa shape index (κ1) is 20.2. The van der Waals surface area contributed by atoms with Gasteiger partial charge < -0.3 is 14.4 Å². The van der Waals surface area contributed by atoms with Gasteiger partial charge in [0.15, 0.2) is 5.75 Å². The number of fused-ring (bicyclic) bond motifs is 1. The second-order valence-corrected chi connectivity index (χ2v) is 7.16. The zero-order valence-electron chi connectivity index (χ0n) is 17.2. The van der Waals surface area contributed by atoms with Crippen LogP contribution in [0.5, 0.6) is 11.5 Å². The summed E-state index contributed by atoms with van der Waals surface area (Å²) in [4.78, 5) is 26.0. The number of ether oxygens (including phenoxy) is 2. The SMILES string of the molecule is CCOC(=O)Nc1ccc(Oc2ccnn3cc(C(=O)N4CC(C#N)C4)c(C)c23)cc1. The van der Waals surface area contributed by atoms with Gasteiger partial charge >= 0.3 is 6.09 Å². The number of carbonyl (C=O) groups excluding carboxylic acids is 2. The molecule has 3 aromatic rings. The number of amides is 2. The molecule has 1 aliphatic rings. The number of nitriles is 1. The maximum Gasteiger partial charge on any atom is 0.411 e. The number of benzene rings is 1. The van der Waals surface area contributed by atoms with Gasteiger partial charge in [-0.15, -0.1) is 0 Å². The van der Waals surface area contributed by atoms with E-state index in [9.17, 15) is 9.59 Å². The van der Waals surface area contributed by atoms with Gasteiger partial charge in [0, 0.05) is 31.0 Å². The zero-order chi connectivity index (χ0) is 22.0. The number of anilines is 1. The Morgan fingerprint density at radius 2 is 2.00 bits per heavy atom. The molecule has 4 rings (SSSR count). The number of aryl methyl sites for hydroxylation is 1. The summed E-state index contributed by atoms with van der Waals surface area (Å²) in [5.41, 5.74) is 2.57. The van der Waals surface area contributed by atoms with Crippen LogP contribution in [0.3, 0.4) is 0 Å². The lowest BCUT2D eigenvalue weighted by atomic mass is 10.0. The monoisotopic (exact) mass is 419 g/mol. The van der Waals surface area contributed by atoms with Crippen molar-refractivity contribution in [2.75, 3.05) is 25.0 Å². The smallest absolute Gasteiger partial charge is 0.411 e. The highest BCUT2D eigenvalue weighted by atomic mass is 16.5. The number of likely N-dealkylation sites (tertiary alicyclic amines) is 1. The van der Waals surface area contributed by atoms with Crippen LogP contribution in [0.15, 0.2) is 42.7 Å². The van der Waals surface area contributed by atoms with Crippen molar-refractivity contribution < 1.29 is 19.1 Å². The van der Waals surface area contributed by atoms with E-state index in [4.69, 9.17) is 14.7 Å². The van der Waals surface area contributed by atoms with Crippen LogP contribution in [0.4, 0.5) is 10.5 Å². The van der Waals surface area contributed by atoms with Crippen LogP contribution in [0.2, 0.25) is 0 Å². The van der Waals surface area contributed by atoms with Crippen LogP contribution >= 0.6 is 0 Å². The Morgan fingerprint density at radius 1 is 1.26 bits per heavy atom. The van der Waals surface area contributed by atoms with E-state index in [0.717, 1.165) is 5.56 Å². The van der Waals surface area contributed by atoms with Gasteiger partial charge in [-0.1, -0.05) is 0 Å². The highest BCUT2D eigenvalue weighted by molar-refractivity contribution is 5.98. The molecule has 0 atom stereocenters. The third kappa shape index (κ3) is 4.00. The van der Waals surface area contributed by atoms with E-state index in [1.807, 2.05) is 6.92 Å². The molecule has 2 amide bonds. The van der Waals surface area contributed by atoms with Crippen LogP contribution in [0.1, 0.15) is 22.8 Å². The molecule has 9 heteroatoms. The van der Waals surface area contributed by atoms with Crippen molar-refractivity contribution in [2.24, 2.45) is 5.92 Å². The van der Waals surface area contributed by atoms with Crippen LogP contribution in [-0.2, 0) is 4.74 Å². The quantitative estimate of drug-likeness (QED) is 0.677. The Balaban J connectivity index is 1.55. The maximum absolute atomic E-state index is 12.8. The lowest BCUT2D eigenvalue weighted by Gasteiger charge is -2.35. The Kier molecular flexibility index (Phi) is 5.45. The summed E-state index contributed by atoms with van der Waals surface area (Å²) in [6.45, 7) is 4.78. The average molecular weight is 419 g/mol. The van der Waals surface area contributed by atoms with E-state index in [1.165, 1.54) is 0 Å². The number of rotatable bonds is 5. The molecule has 1 N–H and O–H groups in total. The second kappa shape index (κ2) is 8.36. The third-order valence-electron chi connectivity index (χ3n) is 5.08. The van der Waals surface area contributed by atoms with Crippen LogP contribution in [0, 0.1) is 24.2 Å². The summed E-state index contributed by atoms with van der Waals surface area (Å²) in [5.74, 6) is 0.904. The first-order valence-corrected chi connectivity index (χ1v) is 9.87. The minimum atomic E-state index is -0.517. The van der Waals surface area contributed by atoms with Crippen LogP contribution < -0.4 is 10.1 Å². The summed E-state index contributed by atoms with van der Waals surface area (Å²) in [7, 11) is 0. The van der Waals surface area contributed by atoms with E-state index in [1.54, 1.807) is 59.1 Å². The molecule has 9 nitrogen and oxygen atoms in total. The number of hydrogen-bond acceptors (Lipinski definition) is 6. The number of nitrogens with one attached hydrogen (secondary N) is 1. The summed E-state index contributed by atoms with van der Waals surface area (Å²) in [6, 6.07) is 10.8. The molecule has 0 bridgehead atoms. The van der Waals surface area contributed by atoms with Crippen molar-refractivity contribution in [3.8, 4) is 17.6 Å². The van der Waals surface area contributed by atoms with Gasteiger partial charge in [0.05, 0.1) is 30.4 Å². The highest BCUT2D eigenvalue weighted by Gasteiger charge is 2.32. The number of hydrogen-bond donors (Lipinski definition) is 1. The largest absolute Gasteiger partial charge is 0.455 e. The molecule has 0 unspecified atom stereocenters. The van der Waals surface area contributed by atoms with Crippen molar-refractivity contribution in [1.29, 1.82) is 5.26 Å². The summed E-state index contributed by atoms with van der Waals surface area (Å²) >= 11 is 0. The van der Waals surface area contributed by atoms with Gasteiger partial charge in [-0.3, -0.25) is 10.1 Å². The maximum atomic E-state index is 12.8. The predicted octanol–water partition coefficient (Wildman–Crippen LogP) is 3.60. The molecule has 31 heavy (non-hydrogen) atoms. The normalized spacial score (nSPS) is 13.4. The molecular formula is C22H21N5O4. The minimum absolute atomic E-state index is 0.0976. The minimum Gasteiger partial charge on any atom is -0.455 e. The number of aromatic nitrogens is 2. The molecule has 2 aromatic heterocycles. The van der Waals surface area contributed by atoms with Crippen molar-refractivity contribution in [3.05, 3.63) is 53.9 Å². The fourth-order valence-electron chi connectivity index (χ4n) is 3.44. The Hall–Kier alpha value is -4.06. The van der Waals surface area contributed by atoms with E-state index in [-0.39, 0.29) is 11.8 Å². The molecule has 1 aromatic carbocycles. The zero-order valence-corrected chi connectivity index (χ0v) is 17.2. The molecule has 158 valence electrons. The summed E-state index contributed by atoms with van der Waals surface area (Å²) in [5, 5.41) is 15.9. The van der Waals surface area contributed by atoms with E-state index in [0.29, 0.717) is 48.0 Å². The van der Waals surface area contributed by atoms with Crippen LogP contribution in [-0.4, -0.2) is 46.2 Å². The second-order valence-electron chi connectivity index (χ2n) is 7.16. The highest BCUT2D eigenvalue weighted by Crippen LogP contribution is 2.32. The first-order chi connectivity index (χ1) is 15.0. The summed E-state index contributed by atoms with van der Waals surface area (Å²) < 4.78 is 12.5. The molecule has 0 radical (unpaired) electrons. The molecule has 0 spiro atoms. The first-order valence-electron chi connectivity index (χ1n) is 9.87. The van der Waals surface area contributed by atoms with Gasteiger partial charge in [0.2, 0.25) is 0 Å². The van der Waals surface area contributed by atoms with Gasteiger partial charge in [-0.2, -0.15) is 10.4 Å². The van der Waals surface area contributed by atoms with E-state index < -0.39 is 6.09 Å². The molecule has 1 saturated heterocycles. The topological polar surface area (TPSA) is 109 Å². The van der Waals surface area contributed by atoms with Gasteiger partial charge in [0.25, 0.3) is 5.91 Å². The molecule has 1 fully saturated rings. The average Bonchev–Trinajstić information content (AvgIpc) is 3.06. The van der Waals surface area contributed by atoms with E-state index in [2.05, 4.69) is 16.5 Å². The Labute approximate surface area is 178 Å². The molecule has 0 saturated carbocycles. The van der Waals surface area contributed by atoms with Crippen molar-refractivity contribution in [2.45, 2.75) is 13.8 Å². The van der Waals surface area contributed by atoms with E-state index >= 15 is 0 Å². The number of nitrogens with zero attached hydrogens (tertiary/aromatic N) is 4. The fraction of sp³-hybridized carbons (Fsp3) is 0.273. The Bertz CT molecular complexity index is 1170. The van der Waals surface area contributed by atoms with Crippen molar-refractivity contribution >= 4 is 23.2 Å². The Morgan fingerprint density at radius 3 is 2.68 bits per heavy atom. The standard InChI is InChI=1S/C22H21N5O4/c1-3-30-22(29)25-16-4-6-17(7-5-16)31-19-8-9-24-27-13-18(14(2)20(19)27)21(28)26-11-15(10-23)12-26/h4-9,13,15H,3,11-12H2,1-2H3,(H,25,29). The molecule has 0 aliphatic carbocycles. The predicted molar refractivity (Wildman–Crippen MR) is 112 cm³/mol. The van der Waals surface area contributed by atoms with Gasteiger partial charge in [-0.25, -0.2) is 9.31 Å². The van der Waals surface area contributed by atoms with Gasteiger partial charge in [0.1, 0.15) is 11.3 Å². The lowest BCUT2D eigenvalue weighted by molar-refractivity contribution is 0.0576. The fourth-order valence-corrected chi connectivity index (χ4v) is 3.44. The summed E-state index contributed by atoms with van der Waals surface area (Å²) in [6.07, 6.45) is 2.77. The van der Waals surface area contributed by atoms with Crippen molar-refractivity contribution in [3.63, 3.8) is 0 Å². The number of carbonyl (C=O) groups is 2. The third-order valence-corrected chi connectivity index (χ3v) is 5.08. The molecule has 1 aliphatic heterocycles. The molecular weight excluding hydrogens is 398 g/mol. The van der Waals surface area contributed by atoms with Crippen LogP contribution in [0.25, 0.3) is 5.52 Å². The lowest BCUT2D eigenvalue weighted by Crippen LogP contribution is -2.49. The van der Waals surface area contributed by atoms with Crippen molar-refractivity contribution in [1.82, 2.24) is 14.5 Å².